The summed E-state index contributed by atoms with van der Waals surface area (Å²) in [6.07, 6.45) is 0. The van der Waals surface area contributed by atoms with Gasteiger partial charge in [0.05, 0.1) is 6.07 Å². The van der Waals surface area contributed by atoms with Crippen LogP contribution in [0.1, 0.15) is 0 Å². The number of rotatable bonds is 3. The molecule has 1 atom stereocenters. The zero-order valence-corrected chi connectivity index (χ0v) is 6.90. The van der Waals surface area contributed by atoms with Gasteiger partial charge < -0.3 is 10.5 Å². The second-order valence-electron chi connectivity index (χ2n) is 2.50. The first-order chi connectivity index (χ1) is 6.22. The first-order valence-corrected chi connectivity index (χ1v) is 3.76. The van der Waals surface area contributed by atoms with Gasteiger partial charge in [-0.05, 0) is 24.3 Å². The van der Waals surface area contributed by atoms with Gasteiger partial charge in [-0.25, -0.2) is 4.39 Å². The second-order valence-corrected chi connectivity index (χ2v) is 2.50. The fourth-order valence-electron chi connectivity index (χ4n) is 0.754. The average molecular weight is 180 g/mol. The van der Waals surface area contributed by atoms with Gasteiger partial charge in [-0.3, -0.25) is 0 Å². The van der Waals surface area contributed by atoms with E-state index in [9.17, 15) is 4.39 Å². The molecule has 1 rings (SSSR count). The van der Waals surface area contributed by atoms with Gasteiger partial charge in [-0.2, -0.15) is 5.26 Å². The molecule has 4 heteroatoms. The molecule has 3 nitrogen and oxygen atoms in total. The monoisotopic (exact) mass is 180 g/mol. The van der Waals surface area contributed by atoms with Gasteiger partial charge in [-0.15, -0.1) is 0 Å². The first kappa shape index (κ1) is 9.49. The lowest BCUT2D eigenvalue weighted by molar-refractivity contribution is 0.308. The van der Waals surface area contributed by atoms with Crippen LogP contribution in [0.4, 0.5) is 4.39 Å². The molecule has 68 valence electrons. The maximum absolute atomic E-state index is 12.4. The van der Waals surface area contributed by atoms with Crippen molar-refractivity contribution in [2.75, 3.05) is 6.61 Å². The summed E-state index contributed by atoms with van der Waals surface area (Å²) in [5.41, 5.74) is 5.29. The Morgan fingerprint density at radius 2 is 2.08 bits per heavy atom. The van der Waals surface area contributed by atoms with E-state index in [2.05, 4.69) is 0 Å². The van der Waals surface area contributed by atoms with E-state index in [-0.39, 0.29) is 12.4 Å². The minimum absolute atomic E-state index is 0.113. The average Bonchev–Trinajstić information content (AvgIpc) is 2.16. The van der Waals surface area contributed by atoms with Gasteiger partial charge in [-0.1, -0.05) is 0 Å². The number of hydrogen-bond donors (Lipinski definition) is 1. The van der Waals surface area contributed by atoms with Crippen LogP contribution in [-0.2, 0) is 0 Å². The van der Waals surface area contributed by atoms with Crippen molar-refractivity contribution in [2.45, 2.75) is 6.04 Å². The third kappa shape index (κ3) is 3.09. The molecule has 13 heavy (non-hydrogen) atoms. The highest BCUT2D eigenvalue weighted by Gasteiger charge is 2.00. The number of halogens is 1. The fourth-order valence-corrected chi connectivity index (χ4v) is 0.754. The molecule has 1 unspecified atom stereocenters. The van der Waals surface area contributed by atoms with E-state index in [1.165, 1.54) is 24.3 Å². The molecule has 0 radical (unpaired) electrons. The molecule has 0 aliphatic carbocycles. The number of ether oxygens (including phenoxy) is 1. The van der Waals surface area contributed by atoms with Crippen molar-refractivity contribution in [2.24, 2.45) is 5.73 Å². The third-order valence-corrected chi connectivity index (χ3v) is 1.41. The van der Waals surface area contributed by atoms with E-state index in [1.807, 2.05) is 6.07 Å². The molecule has 0 heterocycles. The molecular weight excluding hydrogens is 171 g/mol. The fraction of sp³-hybridized carbons (Fsp3) is 0.222. The van der Waals surface area contributed by atoms with Gasteiger partial charge in [0.25, 0.3) is 0 Å². The van der Waals surface area contributed by atoms with E-state index in [4.69, 9.17) is 15.7 Å². The predicted octanol–water partition coefficient (Wildman–Crippen LogP) is 1.06. The van der Waals surface area contributed by atoms with Crippen molar-refractivity contribution >= 4 is 0 Å². The largest absolute Gasteiger partial charge is 0.491 e. The Morgan fingerprint density at radius 3 is 2.62 bits per heavy atom. The van der Waals surface area contributed by atoms with Crippen LogP contribution in [0.2, 0.25) is 0 Å². The van der Waals surface area contributed by atoms with Crippen LogP contribution in [0, 0.1) is 17.1 Å². The topological polar surface area (TPSA) is 59.0 Å². The molecule has 0 fully saturated rings. The van der Waals surface area contributed by atoms with Gasteiger partial charge in [0.1, 0.15) is 24.2 Å². The van der Waals surface area contributed by atoms with Crippen LogP contribution in [-0.4, -0.2) is 12.6 Å². The zero-order valence-electron chi connectivity index (χ0n) is 6.90. The van der Waals surface area contributed by atoms with Gasteiger partial charge in [0.2, 0.25) is 0 Å². The molecule has 0 amide bonds. The quantitative estimate of drug-likeness (QED) is 0.756. The lowest BCUT2D eigenvalue weighted by atomic mass is 10.3. The Morgan fingerprint density at radius 1 is 1.46 bits per heavy atom. The summed E-state index contributed by atoms with van der Waals surface area (Å²) in [5.74, 6) is 0.184. The van der Waals surface area contributed by atoms with E-state index in [0.717, 1.165) is 0 Å². The first-order valence-electron chi connectivity index (χ1n) is 3.76. The minimum Gasteiger partial charge on any atom is -0.491 e. The van der Waals surface area contributed by atoms with Crippen LogP contribution >= 0.6 is 0 Å². The van der Waals surface area contributed by atoms with Crippen molar-refractivity contribution in [3.05, 3.63) is 30.1 Å². The van der Waals surface area contributed by atoms with Gasteiger partial charge in [0, 0.05) is 0 Å². The Hall–Kier alpha value is -1.60. The highest BCUT2D eigenvalue weighted by molar-refractivity contribution is 5.22. The van der Waals surface area contributed by atoms with E-state index in [1.54, 1.807) is 0 Å². The molecule has 0 aliphatic heterocycles. The van der Waals surface area contributed by atoms with Crippen molar-refractivity contribution < 1.29 is 9.13 Å². The van der Waals surface area contributed by atoms with Crippen molar-refractivity contribution in [1.29, 1.82) is 5.26 Å². The molecule has 0 spiro atoms. The molecule has 0 aromatic heterocycles. The standard InChI is InChI=1S/C9H9FN2O/c10-7-1-3-9(4-2-7)13-6-8(12)5-11/h1-4,8H,6,12H2. The highest BCUT2D eigenvalue weighted by Crippen LogP contribution is 2.10. The lowest BCUT2D eigenvalue weighted by Gasteiger charge is -2.06. The highest BCUT2D eigenvalue weighted by atomic mass is 19.1. The summed E-state index contributed by atoms with van der Waals surface area (Å²) in [6.45, 7) is 0.113. The Balaban J connectivity index is 2.47. The SMILES string of the molecule is N#CC(N)COc1ccc(F)cc1. The normalized spacial score (nSPS) is 11.8. The van der Waals surface area contributed by atoms with Crippen molar-refractivity contribution in [3.63, 3.8) is 0 Å². The maximum Gasteiger partial charge on any atom is 0.127 e. The van der Waals surface area contributed by atoms with Crippen LogP contribution in [0.15, 0.2) is 24.3 Å². The molecule has 0 saturated heterocycles. The Bertz CT molecular complexity index is 304. The maximum atomic E-state index is 12.4. The summed E-state index contributed by atoms with van der Waals surface area (Å²) < 4.78 is 17.5. The Kier molecular flexibility index (Phi) is 3.23. The summed E-state index contributed by atoms with van der Waals surface area (Å²) in [6, 6.07) is 6.72. The number of nitrogens with two attached hydrogens (primary N) is 1. The lowest BCUT2D eigenvalue weighted by Crippen LogP contribution is -2.25. The summed E-state index contributed by atoms with van der Waals surface area (Å²) in [4.78, 5) is 0. The second kappa shape index (κ2) is 4.43. The molecule has 0 bridgehead atoms. The number of nitriles is 1. The Labute approximate surface area is 75.5 Å². The van der Waals surface area contributed by atoms with Crippen LogP contribution in [0.3, 0.4) is 0 Å². The van der Waals surface area contributed by atoms with Gasteiger partial charge in [0.15, 0.2) is 0 Å². The molecule has 0 saturated carbocycles. The molecule has 2 N–H and O–H groups in total. The molecular formula is C9H9FN2O. The number of hydrogen-bond acceptors (Lipinski definition) is 3. The summed E-state index contributed by atoms with van der Waals surface area (Å²) >= 11 is 0. The van der Waals surface area contributed by atoms with E-state index >= 15 is 0 Å². The molecule has 1 aromatic carbocycles. The van der Waals surface area contributed by atoms with Crippen LogP contribution in [0.5, 0.6) is 5.75 Å². The van der Waals surface area contributed by atoms with E-state index in [0.29, 0.717) is 5.75 Å². The van der Waals surface area contributed by atoms with Crippen molar-refractivity contribution in [1.82, 2.24) is 0 Å². The summed E-state index contributed by atoms with van der Waals surface area (Å²) in [7, 11) is 0. The summed E-state index contributed by atoms with van der Waals surface area (Å²) in [5, 5.41) is 8.34. The predicted molar refractivity (Wildman–Crippen MR) is 45.5 cm³/mol. The van der Waals surface area contributed by atoms with Crippen molar-refractivity contribution in [3.8, 4) is 11.8 Å². The third-order valence-electron chi connectivity index (χ3n) is 1.41. The van der Waals surface area contributed by atoms with Gasteiger partial charge >= 0.3 is 0 Å². The number of nitrogens with zero attached hydrogens (tertiary/aromatic N) is 1. The van der Waals surface area contributed by atoms with Crippen LogP contribution in [0.25, 0.3) is 0 Å². The smallest absolute Gasteiger partial charge is 0.127 e. The molecule has 0 aliphatic rings. The minimum atomic E-state index is -0.648. The zero-order chi connectivity index (χ0) is 9.68. The number of benzene rings is 1. The van der Waals surface area contributed by atoms with Crippen LogP contribution < -0.4 is 10.5 Å². The molecule has 1 aromatic rings. The van der Waals surface area contributed by atoms with E-state index < -0.39 is 6.04 Å².